The number of phosphoric ester groups is 1. The second-order valence-corrected chi connectivity index (χ2v) is 16.3. The van der Waals surface area contributed by atoms with Crippen LogP contribution in [0.2, 0.25) is 0 Å². The zero-order chi connectivity index (χ0) is 38.2. The Balaban J connectivity index is 3.81. The lowest BCUT2D eigenvalue weighted by Gasteiger charge is -2.18. The van der Waals surface area contributed by atoms with Crippen LogP contribution in [0, 0.1) is 0 Å². The molecule has 0 amide bonds. The molecule has 1 atom stereocenters. The molecule has 9 heteroatoms. The minimum absolute atomic E-state index is 0.206. The second-order valence-electron chi connectivity index (χ2n) is 15.0. The average Bonchev–Trinajstić information content (AvgIpc) is 3.11. The van der Waals surface area contributed by atoms with E-state index in [1.54, 1.807) is 0 Å². The highest BCUT2D eigenvalue weighted by atomic mass is 31.2. The van der Waals surface area contributed by atoms with Gasteiger partial charge in [0.05, 0.1) is 6.61 Å². The number of carbonyl (C=O) groups is 2. The van der Waals surface area contributed by atoms with E-state index in [1.165, 1.54) is 148 Å². The largest absolute Gasteiger partial charge is 0.469 e. The molecule has 1 unspecified atom stereocenters. The Kier molecular flexibility index (Phi) is 38.6. The normalized spacial score (nSPS) is 12.5. The van der Waals surface area contributed by atoms with Crippen LogP contribution in [0.5, 0.6) is 0 Å². The van der Waals surface area contributed by atoms with Gasteiger partial charge in [0.25, 0.3) is 0 Å². The third-order valence-electron chi connectivity index (χ3n) is 9.78. The van der Waals surface area contributed by atoms with E-state index in [-0.39, 0.29) is 19.4 Å². The Bertz CT molecular complexity index is 858. The number of ether oxygens (including phenoxy) is 2. The van der Waals surface area contributed by atoms with Crippen molar-refractivity contribution in [2.75, 3.05) is 13.2 Å². The van der Waals surface area contributed by atoms with Crippen LogP contribution >= 0.6 is 7.82 Å². The van der Waals surface area contributed by atoms with Crippen LogP contribution in [0.1, 0.15) is 232 Å². The smallest absolute Gasteiger partial charge is 0.462 e. The summed E-state index contributed by atoms with van der Waals surface area (Å²) in [6.07, 6.45) is 43.7. The number of rotatable bonds is 41. The Labute approximate surface area is 320 Å². The van der Waals surface area contributed by atoms with Crippen LogP contribution < -0.4 is 0 Å². The first-order valence-corrected chi connectivity index (χ1v) is 23.5. The molecule has 0 fully saturated rings. The third-order valence-corrected chi connectivity index (χ3v) is 10.3. The Hall–Kier alpha value is -1.21. The molecule has 2 N–H and O–H groups in total. The zero-order valence-electron chi connectivity index (χ0n) is 34.0. The maximum absolute atomic E-state index is 12.4. The summed E-state index contributed by atoms with van der Waals surface area (Å²) in [7, 11) is -4.75. The minimum atomic E-state index is -4.75. The van der Waals surface area contributed by atoms with Gasteiger partial charge in [-0.1, -0.05) is 193 Å². The maximum atomic E-state index is 12.4. The first-order valence-electron chi connectivity index (χ1n) is 22.0. The fraction of sp³-hybridized carbons (Fsp3) is 0.907. The molecule has 0 radical (unpaired) electrons. The van der Waals surface area contributed by atoms with Gasteiger partial charge < -0.3 is 19.3 Å². The average molecular weight is 759 g/mol. The molecule has 0 saturated heterocycles. The van der Waals surface area contributed by atoms with Gasteiger partial charge in [0.1, 0.15) is 6.61 Å². The summed E-state index contributed by atoms with van der Waals surface area (Å²) in [6, 6.07) is 0. The van der Waals surface area contributed by atoms with Crippen molar-refractivity contribution in [1.29, 1.82) is 0 Å². The Morgan fingerprint density at radius 3 is 1.19 bits per heavy atom. The van der Waals surface area contributed by atoms with Crippen molar-refractivity contribution in [1.82, 2.24) is 0 Å². The quantitative estimate of drug-likeness (QED) is 0.0274. The van der Waals surface area contributed by atoms with Crippen molar-refractivity contribution >= 4 is 19.8 Å². The molecule has 0 aliphatic carbocycles. The van der Waals surface area contributed by atoms with Gasteiger partial charge in [-0.05, 0) is 38.5 Å². The first-order chi connectivity index (χ1) is 25.3. The minimum Gasteiger partial charge on any atom is -0.462 e. The van der Waals surface area contributed by atoms with E-state index in [2.05, 4.69) is 30.5 Å². The summed E-state index contributed by atoms with van der Waals surface area (Å²) in [4.78, 5) is 42.8. The summed E-state index contributed by atoms with van der Waals surface area (Å²) in [5, 5.41) is 0. The molecular formula is C43H83O8P. The van der Waals surface area contributed by atoms with E-state index in [1.807, 2.05) is 0 Å². The molecule has 0 saturated carbocycles. The van der Waals surface area contributed by atoms with E-state index in [9.17, 15) is 14.2 Å². The standard InChI is InChI=1S/C43H83O8P/c1-3-5-7-9-11-13-15-17-18-19-20-21-22-23-24-26-27-29-31-33-35-37-42(44)49-39-41(40-50-52(46,47)48)51-43(45)38-36-34-32-30-28-25-16-14-12-10-8-6-4-2/h14,16,41H,3-13,15,17-40H2,1-2H3,(H2,46,47,48)/b16-14-. The summed E-state index contributed by atoms with van der Waals surface area (Å²) >= 11 is 0. The Morgan fingerprint density at radius 1 is 0.481 bits per heavy atom. The lowest BCUT2D eigenvalue weighted by atomic mass is 10.0. The second kappa shape index (κ2) is 39.5. The number of carbonyl (C=O) groups excluding carboxylic acids is 2. The molecule has 52 heavy (non-hydrogen) atoms. The molecule has 0 aliphatic heterocycles. The summed E-state index contributed by atoms with van der Waals surface area (Å²) < 4.78 is 26.4. The molecule has 0 heterocycles. The molecule has 0 aromatic rings. The summed E-state index contributed by atoms with van der Waals surface area (Å²) in [5.41, 5.74) is 0. The molecule has 0 aromatic carbocycles. The van der Waals surface area contributed by atoms with Crippen LogP contribution in [0.25, 0.3) is 0 Å². The van der Waals surface area contributed by atoms with Gasteiger partial charge in [0, 0.05) is 12.8 Å². The molecular weight excluding hydrogens is 675 g/mol. The number of hydrogen-bond acceptors (Lipinski definition) is 6. The predicted molar refractivity (Wildman–Crippen MR) is 216 cm³/mol. The van der Waals surface area contributed by atoms with Crippen molar-refractivity contribution in [3.8, 4) is 0 Å². The zero-order valence-corrected chi connectivity index (χ0v) is 34.9. The SMILES string of the molecule is CCCCCC/C=C\CCCCCCCC(=O)OC(COC(=O)CCCCCCCCCCCCCCCCCCCCCCC)COP(=O)(O)O. The highest BCUT2D eigenvalue weighted by Crippen LogP contribution is 2.36. The van der Waals surface area contributed by atoms with E-state index >= 15 is 0 Å². The maximum Gasteiger partial charge on any atom is 0.469 e. The van der Waals surface area contributed by atoms with Crippen LogP contribution in [0.4, 0.5) is 0 Å². The monoisotopic (exact) mass is 759 g/mol. The van der Waals surface area contributed by atoms with Gasteiger partial charge in [-0.2, -0.15) is 0 Å². The predicted octanol–water partition coefficient (Wildman–Crippen LogP) is 13.4. The van der Waals surface area contributed by atoms with Crippen molar-refractivity contribution < 1.29 is 37.9 Å². The Morgan fingerprint density at radius 2 is 0.808 bits per heavy atom. The molecule has 0 bridgehead atoms. The van der Waals surface area contributed by atoms with Crippen molar-refractivity contribution in [2.24, 2.45) is 0 Å². The van der Waals surface area contributed by atoms with Crippen LogP contribution in [-0.2, 0) is 28.2 Å². The first kappa shape index (κ1) is 50.8. The number of esters is 2. The van der Waals surface area contributed by atoms with Crippen LogP contribution in [0.15, 0.2) is 12.2 Å². The van der Waals surface area contributed by atoms with Crippen molar-refractivity contribution in [3.05, 3.63) is 12.2 Å². The van der Waals surface area contributed by atoms with Gasteiger partial charge in [-0.25, -0.2) is 4.57 Å². The van der Waals surface area contributed by atoms with Crippen molar-refractivity contribution in [2.45, 2.75) is 238 Å². The lowest BCUT2D eigenvalue weighted by Crippen LogP contribution is -2.29. The van der Waals surface area contributed by atoms with Crippen LogP contribution in [0.3, 0.4) is 0 Å². The van der Waals surface area contributed by atoms with E-state index in [0.29, 0.717) is 6.42 Å². The number of hydrogen-bond donors (Lipinski definition) is 2. The van der Waals surface area contributed by atoms with Gasteiger partial charge in [-0.3, -0.25) is 14.1 Å². The third kappa shape index (κ3) is 41.5. The van der Waals surface area contributed by atoms with E-state index < -0.39 is 32.5 Å². The molecule has 0 aromatic heterocycles. The molecule has 0 spiro atoms. The topological polar surface area (TPSA) is 119 Å². The van der Waals surface area contributed by atoms with Crippen molar-refractivity contribution in [3.63, 3.8) is 0 Å². The van der Waals surface area contributed by atoms with Gasteiger partial charge >= 0.3 is 19.8 Å². The molecule has 8 nitrogen and oxygen atoms in total. The van der Waals surface area contributed by atoms with Gasteiger partial charge in [-0.15, -0.1) is 0 Å². The van der Waals surface area contributed by atoms with E-state index in [4.69, 9.17) is 19.3 Å². The molecule has 0 aliphatic rings. The van der Waals surface area contributed by atoms with Gasteiger partial charge in [0.15, 0.2) is 6.10 Å². The highest BCUT2D eigenvalue weighted by molar-refractivity contribution is 7.46. The fourth-order valence-corrected chi connectivity index (χ4v) is 6.85. The fourth-order valence-electron chi connectivity index (χ4n) is 6.49. The lowest BCUT2D eigenvalue weighted by molar-refractivity contribution is -0.161. The number of phosphoric acid groups is 1. The summed E-state index contributed by atoms with van der Waals surface area (Å²) in [6.45, 7) is 3.69. The van der Waals surface area contributed by atoms with Gasteiger partial charge in [0.2, 0.25) is 0 Å². The van der Waals surface area contributed by atoms with Crippen LogP contribution in [-0.4, -0.2) is 41.0 Å². The highest BCUT2D eigenvalue weighted by Gasteiger charge is 2.22. The molecule has 308 valence electrons. The number of unbranched alkanes of at least 4 members (excludes halogenated alkanes) is 29. The summed E-state index contributed by atoms with van der Waals surface area (Å²) in [5.74, 6) is -0.882. The van der Waals surface area contributed by atoms with E-state index in [0.717, 1.165) is 51.4 Å². The number of allylic oxidation sites excluding steroid dienone is 2. The molecule has 0 rings (SSSR count).